The zero-order valence-electron chi connectivity index (χ0n) is 8.00. The molecule has 0 aromatic carbocycles. The summed E-state index contributed by atoms with van der Waals surface area (Å²) >= 11 is 0. The van der Waals surface area contributed by atoms with Crippen LogP contribution in [0.5, 0.6) is 0 Å². The highest BCUT2D eigenvalue weighted by Crippen LogP contribution is 2.04. The quantitative estimate of drug-likeness (QED) is 0.441. The molecule has 1 aliphatic rings. The van der Waals surface area contributed by atoms with E-state index in [2.05, 4.69) is 11.9 Å². The van der Waals surface area contributed by atoms with Crippen LogP contribution in [0.3, 0.4) is 0 Å². The Bertz CT molecular complexity index is 170. The summed E-state index contributed by atoms with van der Waals surface area (Å²) in [5.74, 6) is 0.557. The van der Waals surface area contributed by atoms with Crippen molar-refractivity contribution in [3.63, 3.8) is 0 Å². The van der Waals surface area contributed by atoms with Gasteiger partial charge in [-0.15, -0.1) is 0 Å². The fourth-order valence-electron chi connectivity index (χ4n) is 1.23. The van der Waals surface area contributed by atoms with Gasteiger partial charge in [-0.05, 0) is 7.05 Å². The molecule has 4 nitrogen and oxygen atoms in total. The summed E-state index contributed by atoms with van der Waals surface area (Å²) in [6, 6.07) is 0. The zero-order chi connectivity index (χ0) is 9.14. The fraction of sp³-hybridized carbons (Fsp3) is 0.875. The second-order valence-corrected chi connectivity index (χ2v) is 3.40. The monoisotopic (exact) mass is 171 g/mol. The van der Waals surface area contributed by atoms with Crippen LogP contribution >= 0.6 is 0 Å². The van der Waals surface area contributed by atoms with Gasteiger partial charge in [0.15, 0.2) is 0 Å². The maximum Gasteiger partial charge on any atom is 0.127 e. The fourth-order valence-corrected chi connectivity index (χ4v) is 1.23. The molecule has 0 saturated carbocycles. The van der Waals surface area contributed by atoms with E-state index in [1.54, 1.807) is 4.90 Å². The third-order valence-corrected chi connectivity index (χ3v) is 2.06. The molecule has 1 saturated heterocycles. The topological polar surface area (TPSA) is 39.6 Å². The number of likely N-dealkylation sites (N-methyl/N-ethyl adjacent to an activating group) is 2. The Morgan fingerprint density at radius 2 is 2.25 bits per heavy atom. The van der Waals surface area contributed by atoms with Crippen LogP contribution in [0.15, 0.2) is 0 Å². The van der Waals surface area contributed by atoms with Crippen LogP contribution in [0.25, 0.3) is 0 Å². The van der Waals surface area contributed by atoms with Gasteiger partial charge in [-0.3, -0.25) is 5.41 Å². The minimum Gasteiger partial charge on any atom is -0.368 e. The van der Waals surface area contributed by atoms with E-state index in [4.69, 9.17) is 10.1 Å². The smallest absolute Gasteiger partial charge is 0.127 e. The molecule has 1 rings (SSSR count). The third kappa shape index (κ3) is 2.19. The van der Waals surface area contributed by atoms with E-state index in [1.807, 2.05) is 14.1 Å². The molecule has 1 atom stereocenters. The molecule has 0 aliphatic carbocycles. The number of hydrogen-bond donors (Lipinski definition) is 1. The van der Waals surface area contributed by atoms with Crippen molar-refractivity contribution in [2.45, 2.75) is 6.10 Å². The molecule has 0 radical (unpaired) electrons. The van der Waals surface area contributed by atoms with Gasteiger partial charge in [0.25, 0.3) is 0 Å². The van der Waals surface area contributed by atoms with Crippen molar-refractivity contribution in [3.05, 3.63) is 0 Å². The highest BCUT2D eigenvalue weighted by Gasteiger charge is 2.22. The summed E-state index contributed by atoms with van der Waals surface area (Å²) in [5.41, 5.74) is 0. The first kappa shape index (κ1) is 9.48. The maximum absolute atomic E-state index is 7.70. The van der Waals surface area contributed by atoms with Crippen LogP contribution in [0.2, 0.25) is 0 Å². The number of amidine groups is 1. The molecule has 1 unspecified atom stereocenters. The minimum absolute atomic E-state index is 0.0428. The molecular formula is C8H17N3O. The molecule has 1 N–H and O–H groups in total. The molecule has 4 heteroatoms. The van der Waals surface area contributed by atoms with Gasteiger partial charge in [-0.2, -0.15) is 0 Å². The first-order valence-electron chi connectivity index (χ1n) is 4.17. The lowest BCUT2D eigenvalue weighted by Crippen LogP contribution is -2.47. The molecular weight excluding hydrogens is 154 g/mol. The second kappa shape index (κ2) is 3.87. The number of rotatable bonds is 1. The average molecular weight is 171 g/mol. The van der Waals surface area contributed by atoms with Crippen LogP contribution in [-0.4, -0.2) is 62.6 Å². The molecule has 0 aromatic rings. The van der Waals surface area contributed by atoms with Crippen LogP contribution in [0, 0.1) is 5.41 Å². The Kier molecular flexibility index (Phi) is 3.05. The number of morpholine rings is 1. The van der Waals surface area contributed by atoms with Crippen molar-refractivity contribution in [3.8, 4) is 0 Å². The molecule has 0 aromatic heterocycles. The van der Waals surface area contributed by atoms with Gasteiger partial charge in [-0.25, -0.2) is 0 Å². The molecule has 12 heavy (non-hydrogen) atoms. The van der Waals surface area contributed by atoms with Gasteiger partial charge in [0.05, 0.1) is 6.61 Å². The highest BCUT2D eigenvalue weighted by atomic mass is 16.5. The maximum atomic E-state index is 7.70. The number of ether oxygens (including phenoxy) is 1. The van der Waals surface area contributed by atoms with E-state index in [0.717, 1.165) is 19.7 Å². The lowest BCUT2D eigenvalue weighted by Gasteiger charge is -2.32. The van der Waals surface area contributed by atoms with E-state index >= 15 is 0 Å². The van der Waals surface area contributed by atoms with Gasteiger partial charge in [0, 0.05) is 27.2 Å². The largest absolute Gasteiger partial charge is 0.368 e. The minimum atomic E-state index is -0.0428. The van der Waals surface area contributed by atoms with Gasteiger partial charge in [-0.1, -0.05) is 0 Å². The van der Waals surface area contributed by atoms with Crippen molar-refractivity contribution in [2.75, 3.05) is 40.8 Å². The van der Waals surface area contributed by atoms with Crippen LogP contribution in [-0.2, 0) is 4.74 Å². The summed E-state index contributed by atoms with van der Waals surface area (Å²) in [6.45, 7) is 2.53. The van der Waals surface area contributed by atoms with Crippen LogP contribution in [0.1, 0.15) is 0 Å². The van der Waals surface area contributed by atoms with Gasteiger partial charge < -0.3 is 14.5 Å². The molecule has 0 spiro atoms. The molecule has 1 heterocycles. The summed E-state index contributed by atoms with van der Waals surface area (Å²) in [7, 11) is 5.80. The number of nitrogens with zero attached hydrogens (tertiary/aromatic N) is 2. The van der Waals surface area contributed by atoms with Crippen molar-refractivity contribution in [1.29, 1.82) is 5.41 Å². The second-order valence-electron chi connectivity index (χ2n) is 3.40. The molecule has 0 amide bonds. The molecule has 70 valence electrons. The third-order valence-electron chi connectivity index (χ3n) is 2.06. The van der Waals surface area contributed by atoms with Crippen molar-refractivity contribution in [2.24, 2.45) is 0 Å². The van der Waals surface area contributed by atoms with Crippen molar-refractivity contribution < 1.29 is 4.74 Å². The molecule has 1 aliphatic heterocycles. The van der Waals surface area contributed by atoms with E-state index in [-0.39, 0.29) is 6.10 Å². The Morgan fingerprint density at radius 3 is 2.75 bits per heavy atom. The normalized spacial score (nSPS) is 25.4. The lowest BCUT2D eigenvalue weighted by atomic mass is 10.2. The van der Waals surface area contributed by atoms with E-state index in [1.165, 1.54) is 0 Å². The summed E-state index contributed by atoms with van der Waals surface area (Å²) in [6.07, 6.45) is -0.0428. The van der Waals surface area contributed by atoms with Crippen LogP contribution in [0.4, 0.5) is 0 Å². The van der Waals surface area contributed by atoms with Gasteiger partial charge >= 0.3 is 0 Å². The summed E-state index contributed by atoms with van der Waals surface area (Å²) < 4.78 is 5.46. The van der Waals surface area contributed by atoms with Gasteiger partial charge in [0.1, 0.15) is 11.9 Å². The van der Waals surface area contributed by atoms with Crippen molar-refractivity contribution >= 4 is 5.84 Å². The predicted molar refractivity (Wildman–Crippen MR) is 48.7 cm³/mol. The van der Waals surface area contributed by atoms with Gasteiger partial charge in [0.2, 0.25) is 0 Å². The van der Waals surface area contributed by atoms with E-state index in [9.17, 15) is 0 Å². The van der Waals surface area contributed by atoms with E-state index < -0.39 is 0 Å². The lowest BCUT2D eigenvalue weighted by molar-refractivity contribution is 0.0122. The molecule has 1 fully saturated rings. The Morgan fingerprint density at radius 1 is 1.58 bits per heavy atom. The number of nitrogens with one attached hydrogen (secondary N) is 1. The average Bonchev–Trinajstić information content (AvgIpc) is 2.03. The summed E-state index contributed by atoms with van der Waals surface area (Å²) in [5, 5.41) is 7.70. The Labute approximate surface area is 73.6 Å². The van der Waals surface area contributed by atoms with E-state index in [0.29, 0.717) is 5.84 Å². The SMILES string of the molecule is CN1CCOC(C(=N)N(C)C)C1. The predicted octanol–water partition coefficient (Wildman–Crippen LogP) is -0.144. The number of hydrogen-bond acceptors (Lipinski definition) is 3. The first-order chi connectivity index (χ1) is 5.61. The highest BCUT2D eigenvalue weighted by molar-refractivity contribution is 5.83. The van der Waals surface area contributed by atoms with Crippen LogP contribution < -0.4 is 0 Å². The van der Waals surface area contributed by atoms with Crippen molar-refractivity contribution in [1.82, 2.24) is 9.80 Å². The zero-order valence-corrected chi connectivity index (χ0v) is 8.00. The molecule has 0 bridgehead atoms. The standard InChI is InChI=1S/C8H17N3O/c1-10(2)8(9)7-6-11(3)4-5-12-7/h7,9H,4-6H2,1-3H3. The first-order valence-corrected chi connectivity index (χ1v) is 4.17. The summed E-state index contributed by atoms with van der Waals surface area (Å²) in [4.78, 5) is 3.98. The Hall–Kier alpha value is -0.610. The Balaban J connectivity index is 2.46.